The van der Waals surface area contributed by atoms with Gasteiger partial charge < -0.3 is 14.4 Å². The maximum atomic E-state index is 12.1. The third-order valence-electron chi connectivity index (χ3n) is 2.90. The first-order valence-electron chi connectivity index (χ1n) is 5.48. The number of carbonyl (C=O) groups excluding carboxylic acids is 1. The van der Waals surface area contributed by atoms with Crippen LogP contribution in [0.5, 0.6) is 0 Å². The molecule has 1 amide bonds. The van der Waals surface area contributed by atoms with Gasteiger partial charge in [0.2, 0.25) is 5.76 Å². The van der Waals surface area contributed by atoms with Crippen LogP contribution in [0, 0.1) is 13.8 Å². The van der Waals surface area contributed by atoms with Gasteiger partial charge in [0.15, 0.2) is 5.89 Å². The average molecular weight is 238 g/mol. The molecule has 0 radical (unpaired) electrons. The summed E-state index contributed by atoms with van der Waals surface area (Å²) in [5.74, 6) is -0.787. The van der Waals surface area contributed by atoms with Gasteiger partial charge in [-0.2, -0.15) is 0 Å². The summed E-state index contributed by atoms with van der Waals surface area (Å²) in [7, 11) is 0. The zero-order valence-electron chi connectivity index (χ0n) is 9.77. The lowest BCUT2D eigenvalue weighted by molar-refractivity contribution is -0.141. The first kappa shape index (κ1) is 11.6. The van der Waals surface area contributed by atoms with Crippen molar-refractivity contribution in [1.29, 1.82) is 0 Å². The first-order valence-corrected chi connectivity index (χ1v) is 5.48. The lowest BCUT2D eigenvalue weighted by Gasteiger charge is -2.20. The molecule has 1 N–H and O–H groups in total. The maximum Gasteiger partial charge on any atom is 0.326 e. The molecule has 2 rings (SSSR count). The molecule has 1 aliphatic heterocycles. The van der Waals surface area contributed by atoms with E-state index < -0.39 is 12.0 Å². The Morgan fingerprint density at radius 3 is 2.71 bits per heavy atom. The van der Waals surface area contributed by atoms with Crippen LogP contribution in [0.2, 0.25) is 0 Å². The van der Waals surface area contributed by atoms with Gasteiger partial charge in [-0.1, -0.05) is 0 Å². The Bertz CT molecular complexity index is 466. The molecule has 0 spiro atoms. The number of aromatic nitrogens is 1. The lowest BCUT2D eigenvalue weighted by Crippen LogP contribution is -2.40. The SMILES string of the molecule is Cc1nc(C)c(C(=O)N2CCC[C@@H]2C(=O)O)o1. The molecule has 1 aromatic rings. The Labute approximate surface area is 98.2 Å². The number of carbonyl (C=O) groups is 2. The third kappa shape index (κ3) is 2.02. The highest BCUT2D eigenvalue weighted by Gasteiger charge is 2.36. The second kappa shape index (κ2) is 4.20. The summed E-state index contributed by atoms with van der Waals surface area (Å²) in [4.78, 5) is 28.5. The number of aliphatic carboxylic acids is 1. The van der Waals surface area contributed by atoms with Crippen molar-refractivity contribution in [3.63, 3.8) is 0 Å². The summed E-state index contributed by atoms with van der Waals surface area (Å²) in [6.45, 7) is 3.78. The summed E-state index contributed by atoms with van der Waals surface area (Å²) < 4.78 is 5.22. The van der Waals surface area contributed by atoms with Crippen LogP contribution in [-0.2, 0) is 4.79 Å². The molecular formula is C11H14N2O4. The van der Waals surface area contributed by atoms with E-state index in [0.717, 1.165) is 0 Å². The minimum Gasteiger partial charge on any atom is -0.480 e. The molecule has 92 valence electrons. The maximum absolute atomic E-state index is 12.1. The third-order valence-corrected chi connectivity index (χ3v) is 2.90. The number of nitrogens with zero attached hydrogens (tertiary/aromatic N) is 2. The van der Waals surface area contributed by atoms with Crippen molar-refractivity contribution in [2.75, 3.05) is 6.54 Å². The van der Waals surface area contributed by atoms with E-state index >= 15 is 0 Å². The number of carboxylic acids is 1. The van der Waals surface area contributed by atoms with Crippen LogP contribution in [0.3, 0.4) is 0 Å². The van der Waals surface area contributed by atoms with Gasteiger partial charge in [0.05, 0.1) is 5.69 Å². The van der Waals surface area contributed by atoms with Crippen LogP contribution < -0.4 is 0 Å². The van der Waals surface area contributed by atoms with Crippen molar-refractivity contribution < 1.29 is 19.1 Å². The van der Waals surface area contributed by atoms with Crippen LogP contribution in [0.4, 0.5) is 0 Å². The lowest BCUT2D eigenvalue weighted by atomic mass is 10.2. The van der Waals surface area contributed by atoms with Gasteiger partial charge in [-0.25, -0.2) is 9.78 Å². The van der Waals surface area contributed by atoms with E-state index in [9.17, 15) is 9.59 Å². The van der Waals surface area contributed by atoms with E-state index in [1.54, 1.807) is 13.8 Å². The second-order valence-electron chi connectivity index (χ2n) is 4.14. The fraction of sp³-hybridized carbons (Fsp3) is 0.545. The van der Waals surface area contributed by atoms with E-state index in [2.05, 4.69) is 4.98 Å². The Balaban J connectivity index is 2.25. The van der Waals surface area contributed by atoms with E-state index in [4.69, 9.17) is 9.52 Å². The minimum absolute atomic E-state index is 0.149. The summed E-state index contributed by atoms with van der Waals surface area (Å²) in [6.07, 6.45) is 1.20. The number of likely N-dealkylation sites (tertiary alicyclic amines) is 1. The van der Waals surface area contributed by atoms with Crippen LogP contribution in [-0.4, -0.2) is 39.5 Å². The average Bonchev–Trinajstić information content (AvgIpc) is 2.83. The number of amides is 1. The Kier molecular flexibility index (Phi) is 2.87. The van der Waals surface area contributed by atoms with Crippen LogP contribution in [0.1, 0.15) is 35.0 Å². The predicted molar refractivity (Wildman–Crippen MR) is 57.7 cm³/mol. The highest BCUT2D eigenvalue weighted by atomic mass is 16.4. The van der Waals surface area contributed by atoms with Crippen molar-refractivity contribution in [1.82, 2.24) is 9.88 Å². The monoisotopic (exact) mass is 238 g/mol. The van der Waals surface area contributed by atoms with Crippen LogP contribution in [0.15, 0.2) is 4.42 Å². The van der Waals surface area contributed by atoms with Gasteiger partial charge in [-0.15, -0.1) is 0 Å². The molecule has 6 heteroatoms. The number of aryl methyl sites for hydroxylation is 2. The molecule has 0 saturated carbocycles. The molecule has 17 heavy (non-hydrogen) atoms. The van der Waals surface area contributed by atoms with Gasteiger partial charge in [-0.05, 0) is 19.8 Å². The topological polar surface area (TPSA) is 83.6 Å². The minimum atomic E-state index is -0.968. The van der Waals surface area contributed by atoms with Crippen molar-refractivity contribution in [3.8, 4) is 0 Å². The van der Waals surface area contributed by atoms with E-state index in [-0.39, 0.29) is 11.7 Å². The standard InChI is InChI=1S/C11H14N2O4/c1-6-9(17-7(2)12-6)10(14)13-5-3-4-8(13)11(15)16/h8H,3-5H2,1-2H3,(H,15,16)/t8-/m1/s1. The van der Waals surface area contributed by atoms with Gasteiger partial charge >= 0.3 is 5.97 Å². The number of hydrogen-bond donors (Lipinski definition) is 1. The fourth-order valence-corrected chi connectivity index (χ4v) is 2.13. The van der Waals surface area contributed by atoms with E-state index in [0.29, 0.717) is 31.0 Å². The predicted octanol–water partition coefficient (Wildman–Crippen LogP) is 0.981. The van der Waals surface area contributed by atoms with Crippen LogP contribution in [0.25, 0.3) is 0 Å². The number of carboxylic acid groups (broad SMARTS) is 1. The Morgan fingerprint density at radius 2 is 2.18 bits per heavy atom. The summed E-state index contributed by atoms with van der Waals surface area (Å²) in [6, 6.07) is -0.743. The summed E-state index contributed by atoms with van der Waals surface area (Å²) in [5, 5.41) is 9.01. The first-order chi connectivity index (χ1) is 8.00. The molecule has 1 aliphatic rings. The fourth-order valence-electron chi connectivity index (χ4n) is 2.13. The zero-order chi connectivity index (χ0) is 12.6. The molecule has 0 aliphatic carbocycles. The molecule has 2 heterocycles. The number of rotatable bonds is 2. The van der Waals surface area contributed by atoms with Gasteiger partial charge in [-0.3, -0.25) is 4.79 Å². The number of hydrogen-bond acceptors (Lipinski definition) is 4. The highest BCUT2D eigenvalue weighted by Crippen LogP contribution is 2.22. The molecule has 1 fully saturated rings. The molecule has 0 bridgehead atoms. The van der Waals surface area contributed by atoms with Crippen molar-refractivity contribution >= 4 is 11.9 Å². The summed E-state index contributed by atoms with van der Waals surface area (Å²) in [5.41, 5.74) is 0.503. The summed E-state index contributed by atoms with van der Waals surface area (Å²) >= 11 is 0. The molecule has 1 atom stereocenters. The van der Waals surface area contributed by atoms with Gasteiger partial charge in [0.25, 0.3) is 5.91 Å². The normalized spacial score (nSPS) is 19.6. The van der Waals surface area contributed by atoms with Crippen LogP contribution >= 0.6 is 0 Å². The van der Waals surface area contributed by atoms with Crippen molar-refractivity contribution in [3.05, 3.63) is 17.3 Å². The molecule has 1 aromatic heterocycles. The second-order valence-corrected chi connectivity index (χ2v) is 4.14. The quantitative estimate of drug-likeness (QED) is 0.830. The Hall–Kier alpha value is -1.85. The largest absolute Gasteiger partial charge is 0.480 e. The van der Waals surface area contributed by atoms with E-state index in [1.807, 2.05) is 0 Å². The van der Waals surface area contributed by atoms with Gasteiger partial charge in [0, 0.05) is 13.5 Å². The molecule has 6 nitrogen and oxygen atoms in total. The highest BCUT2D eigenvalue weighted by molar-refractivity contribution is 5.95. The molecule has 1 saturated heterocycles. The smallest absolute Gasteiger partial charge is 0.326 e. The molecule has 0 aromatic carbocycles. The van der Waals surface area contributed by atoms with Crippen molar-refractivity contribution in [2.24, 2.45) is 0 Å². The Morgan fingerprint density at radius 1 is 1.47 bits per heavy atom. The zero-order valence-corrected chi connectivity index (χ0v) is 9.77. The van der Waals surface area contributed by atoms with Gasteiger partial charge in [0.1, 0.15) is 6.04 Å². The van der Waals surface area contributed by atoms with Crippen molar-refractivity contribution in [2.45, 2.75) is 32.7 Å². The number of oxazole rings is 1. The molecular weight excluding hydrogens is 224 g/mol. The van der Waals surface area contributed by atoms with E-state index in [1.165, 1.54) is 4.90 Å². The molecule has 0 unspecified atom stereocenters.